The van der Waals surface area contributed by atoms with Crippen LogP contribution in [0.2, 0.25) is 5.02 Å². The first-order valence-corrected chi connectivity index (χ1v) is 11.2. The number of aryl methyl sites for hydroxylation is 3. The molecule has 0 saturated heterocycles. The Morgan fingerprint density at radius 3 is 2.40 bits per heavy atom. The molecule has 1 amide bonds. The highest BCUT2D eigenvalue weighted by atomic mass is 35.5. The van der Waals surface area contributed by atoms with Crippen LogP contribution in [-0.2, 0) is 4.79 Å². The molecule has 3 aromatic rings. The Hall–Kier alpha value is -2.50. The quantitative estimate of drug-likeness (QED) is 0.279. The van der Waals surface area contributed by atoms with E-state index in [-0.39, 0.29) is 5.91 Å². The van der Waals surface area contributed by atoms with E-state index < -0.39 is 0 Å². The van der Waals surface area contributed by atoms with E-state index in [9.17, 15) is 4.79 Å². The van der Waals surface area contributed by atoms with Crippen LogP contribution < -0.4 is 5.43 Å². The molecule has 0 aliphatic carbocycles. The summed E-state index contributed by atoms with van der Waals surface area (Å²) in [5.41, 5.74) is 9.45. The molecule has 2 aromatic carbocycles. The average molecular weight is 440 g/mol. The second-order valence-corrected chi connectivity index (χ2v) is 8.96. The highest BCUT2D eigenvalue weighted by molar-refractivity contribution is 7.99. The molecule has 0 fully saturated rings. The molecule has 0 bridgehead atoms. The number of carbonyl (C=O) groups is 1. The van der Waals surface area contributed by atoms with Gasteiger partial charge < -0.3 is 4.57 Å². The summed E-state index contributed by atoms with van der Waals surface area (Å²) in [6, 6.07) is 16.2. The van der Waals surface area contributed by atoms with Gasteiger partial charge in [0.1, 0.15) is 0 Å². The summed E-state index contributed by atoms with van der Waals surface area (Å²) in [6.45, 7) is 8.35. The third kappa shape index (κ3) is 5.77. The number of hydrogen-bond acceptors (Lipinski definition) is 3. The molecule has 1 N–H and O–H groups in total. The van der Waals surface area contributed by atoms with E-state index in [1.807, 2.05) is 24.3 Å². The lowest BCUT2D eigenvalue weighted by atomic mass is 10.1. The number of aromatic nitrogens is 1. The number of rotatable bonds is 7. The predicted molar refractivity (Wildman–Crippen MR) is 127 cm³/mol. The molecular formula is C24H26ClN3OS. The third-order valence-corrected chi connectivity index (χ3v) is 6.01. The summed E-state index contributed by atoms with van der Waals surface area (Å²) in [7, 11) is 0. The zero-order chi connectivity index (χ0) is 21.7. The molecule has 1 heterocycles. The number of hydrogen-bond donors (Lipinski definition) is 1. The smallest absolute Gasteiger partial charge is 0.240 e. The molecule has 6 heteroatoms. The molecular weight excluding hydrogens is 414 g/mol. The van der Waals surface area contributed by atoms with Gasteiger partial charge in [-0.1, -0.05) is 17.7 Å². The second-order valence-electron chi connectivity index (χ2n) is 7.35. The van der Waals surface area contributed by atoms with Crippen LogP contribution in [0.3, 0.4) is 0 Å². The molecule has 0 radical (unpaired) electrons. The summed E-state index contributed by atoms with van der Waals surface area (Å²) >= 11 is 7.50. The Bertz CT molecular complexity index is 1050. The maximum absolute atomic E-state index is 12.1. The number of hydrazone groups is 1. The molecule has 0 aliphatic rings. The van der Waals surface area contributed by atoms with Crippen molar-refractivity contribution in [3.63, 3.8) is 0 Å². The zero-order valence-electron chi connectivity index (χ0n) is 17.7. The number of nitrogens with zero attached hydrogens (tertiary/aromatic N) is 2. The molecule has 1 aromatic heterocycles. The van der Waals surface area contributed by atoms with Crippen LogP contribution in [0.15, 0.2) is 58.5 Å². The SMILES string of the molecule is Cc1cc(C)cc(-n2c(C)cc(/C=N/NC(=O)CCSc3ccc(Cl)cc3)c2C)c1. The molecule has 3 rings (SSSR count). The van der Waals surface area contributed by atoms with Crippen molar-refractivity contribution in [2.75, 3.05) is 5.75 Å². The average Bonchev–Trinajstić information content (AvgIpc) is 2.96. The van der Waals surface area contributed by atoms with Crippen LogP contribution in [0.5, 0.6) is 0 Å². The van der Waals surface area contributed by atoms with Crippen LogP contribution in [-0.4, -0.2) is 22.4 Å². The molecule has 0 unspecified atom stereocenters. The molecule has 4 nitrogen and oxygen atoms in total. The zero-order valence-corrected chi connectivity index (χ0v) is 19.3. The topological polar surface area (TPSA) is 46.4 Å². The van der Waals surface area contributed by atoms with Gasteiger partial charge in [-0.25, -0.2) is 5.43 Å². The van der Waals surface area contributed by atoms with Gasteiger partial charge in [0.05, 0.1) is 6.21 Å². The van der Waals surface area contributed by atoms with Crippen LogP contribution in [0.1, 0.15) is 34.5 Å². The minimum atomic E-state index is -0.101. The largest absolute Gasteiger partial charge is 0.318 e. The Morgan fingerprint density at radius 2 is 1.73 bits per heavy atom. The van der Waals surface area contributed by atoms with Crippen LogP contribution in [0.4, 0.5) is 0 Å². The lowest BCUT2D eigenvalue weighted by Crippen LogP contribution is -2.17. The van der Waals surface area contributed by atoms with Crippen LogP contribution in [0.25, 0.3) is 5.69 Å². The fraction of sp³-hybridized carbons (Fsp3) is 0.250. The van der Waals surface area contributed by atoms with Crippen molar-refractivity contribution in [3.8, 4) is 5.69 Å². The minimum absolute atomic E-state index is 0.101. The summed E-state index contributed by atoms with van der Waals surface area (Å²) < 4.78 is 2.21. The maximum atomic E-state index is 12.1. The summed E-state index contributed by atoms with van der Waals surface area (Å²) in [6.07, 6.45) is 2.11. The third-order valence-electron chi connectivity index (χ3n) is 4.74. The number of halogens is 1. The fourth-order valence-electron chi connectivity index (χ4n) is 3.42. The molecule has 0 atom stereocenters. The lowest BCUT2D eigenvalue weighted by Gasteiger charge is -2.11. The number of amides is 1. The first kappa shape index (κ1) is 22.2. The van der Waals surface area contributed by atoms with Gasteiger partial charge in [-0.15, -0.1) is 11.8 Å². The normalized spacial score (nSPS) is 11.2. The van der Waals surface area contributed by atoms with Crippen LogP contribution in [0, 0.1) is 27.7 Å². The van der Waals surface area contributed by atoms with Crippen LogP contribution >= 0.6 is 23.4 Å². The molecule has 0 saturated carbocycles. The molecule has 156 valence electrons. The Kier molecular flexibility index (Phi) is 7.40. The lowest BCUT2D eigenvalue weighted by molar-refractivity contribution is -0.120. The first-order chi connectivity index (χ1) is 14.3. The Morgan fingerprint density at radius 1 is 1.07 bits per heavy atom. The summed E-state index contributed by atoms with van der Waals surface area (Å²) in [5, 5.41) is 4.87. The Labute approximate surface area is 187 Å². The summed E-state index contributed by atoms with van der Waals surface area (Å²) in [5.74, 6) is 0.584. The van der Waals surface area contributed by atoms with Crippen molar-refractivity contribution in [1.82, 2.24) is 9.99 Å². The molecule has 30 heavy (non-hydrogen) atoms. The van der Waals surface area contributed by atoms with Gasteiger partial charge in [-0.2, -0.15) is 5.10 Å². The first-order valence-electron chi connectivity index (χ1n) is 9.81. The van der Waals surface area contributed by atoms with Gasteiger partial charge in [0, 0.05) is 44.7 Å². The van der Waals surface area contributed by atoms with Gasteiger partial charge in [0.15, 0.2) is 0 Å². The standard InChI is InChI=1S/C24H26ClN3OS/c1-16-11-17(2)13-22(12-16)28-18(3)14-20(19(28)4)15-26-27-24(29)9-10-30-23-7-5-21(25)6-8-23/h5-8,11-15H,9-10H2,1-4H3,(H,27,29)/b26-15+. The van der Waals surface area contributed by atoms with Gasteiger partial charge in [0.25, 0.3) is 0 Å². The predicted octanol–water partition coefficient (Wildman–Crippen LogP) is 6.00. The van der Waals surface area contributed by atoms with Gasteiger partial charge in [0.2, 0.25) is 5.91 Å². The van der Waals surface area contributed by atoms with E-state index >= 15 is 0 Å². The number of thioether (sulfide) groups is 1. The van der Waals surface area contributed by atoms with Gasteiger partial charge in [-0.05, 0) is 81.3 Å². The molecule has 0 spiro atoms. The highest BCUT2D eigenvalue weighted by Crippen LogP contribution is 2.22. The van der Waals surface area contributed by atoms with Crippen molar-refractivity contribution < 1.29 is 4.79 Å². The van der Waals surface area contributed by atoms with Crippen molar-refractivity contribution in [3.05, 3.63) is 81.6 Å². The van der Waals surface area contributed by atoms with E-state index in [1.54, 1.807) is 18.0 Å². The minimum Gasteiger partial charge on any atom is -0.318 e. The van der Waals surface area contributed by atoms with Crippen molar-refractivity contribution in [2.24, 2.45) is 5.10 Å². The fourth-order valence-corrected chi connectivity index (χ4v) is 4.40. The maximum Gasteiger partial charge on any atom is 0.240 e. The highest BCUT2D eigenvalue weighted by Gasteiger charge is 2.10. The van der Waals surface area contributed by atoms with E-state index in [4.69, 9.17) is 11.6 Å². The van der Waals surface area contributed by atoms with Crippen molar-refractivity contribution in [1.29, 1.82) is 0 Å². The van der Waals surface area contributed by atoms with Crippen molar-refractivity contribution in [2.45, 2.75) is 39.0 Å². The number of carbonyl (C=O) groups excluding carboxylic acids is 1. The van der Waals surface area contributed by atoms with E-state index in [0.717, 1.165) is 27.5 Å². The Balaban J connectivity index is 1.58. The van der Waals surface area contributed by atoms with E-state index in [2.05, 4.69) is 67.1 Å². The molecule has 0 aliphatic heterocycles. The van der Waals surface area contributed by atoms with E-state index in [1.165, 1.54) is 11.1 Å². The summed E-state index contributed by atoms with van der Waals surface area (Å²) in [4.78, 5) is 13.2. The second kappa shape index (κ2) is 10.0. The van der Waals surface area contributed by atoms with Crippen molar-refractivity contribution >= 4 is 35.5 Å². The van der Waals surface area contributed by atoms with E-state index in [0.29, 0.717) is 17.2 Å². The number of nitrogens with one attached hydrogen (secondary N) is 1. The van der Waals surface area contributed by atoms with Gasteiger partial charge >= 0.3 is 0 Å². The van der Waals surface area contributed by atoms with Gasteiger partial charge in [-0.3, -0.25) is 4.79 Å². The number of benzene rings is 2. The monoisotopic (exact) mass is 439 g/mol.